The Balaban J connectivity index is 1.48. The van der Waals surface area contributed by atoms with Crippen molar-refractivity contribution in [3.8, 4) is 0 Å². The van der Waals surface area contributed by atoms with Gasteiger partial charge in [-0.05, 0) is 119 Å². The monoisotopic (exact) mass is 288 g/mol. The van der Waals surface area contributed by atoms with Crippen LogP contribution in [0.4, 0.5) is 0 Å². The normalized spacial score (nSPS) is 94.8. The topological polar surface area (TPSA) is 0 Å². The molecule has 0 heterocycles. The second-order valence-corrected chi connectivity index (χ2v) is 11.7. The van der Waals surface area contributed by atoms with Crippen molar-refractivity contribution in [1.29, 1.82) is 0 Å². The zero-order valence-electron chi connectivity index (χ0n) is 13.0. The molecule has 10 aliphatic rings. The first-order valence-electron chi connectivity index (χ1n) is 10.5. The van der Waals surface area contributed by atoms with E-state index in [0.717, 1.165) is 17.8 Å². The summed E-state index contributed by atoms with van der Waals surface area (Å²) in [5, 5.41) is 0. The molecule has 0 amide bonds. The van der Waals surface area contributed by atoms with Crippen molar-refractivity contribution < 1.29 is 0 Å². The minimum atomic E-state index is 0.686. The summed E-state index contributed by atoms with van der Waals surface area (Å²) in [5.74, 6) is 20.6. The van der Waals surface area contributed by atoms with Gasteiger partial charge in [0.25, 0.3) is 0 Å². The summed E-state index contributed by atoms with van der Waals surface area (Å²) in [6.07, 6.45) is 6.03. The Morgan fingerprint density at radius 2 is 1.09 bits per heavy atom. The van der Waals surface area contributed by atoms with Gasteiger partial charge in [0.05, 0.1) is 0 Å². The molecular formula is C22H24. The Morgan fingerprint density at radius 1 is 0.545 bits per heavy atom. The molecule has 0 aromatic heterocycles. The molecule has 10 fully saturated rings. The van der Waals surface area contributed by atoms with Gasteiger partial charge in [-0.3, -0.25) is 0 Å². The highest BCUT2D eigenvalue weighted by atomic mass is 15.0. The van der Waals surface area contributed by atoms with Gasteiger partial charge < -0.3 is 0 Å². The van der Waals surface area contributed by atoms with Crippen molar-refractivity contribution in [3.63, 3.8) is 0 Å². The molecule has 0 bridgehead atoms. The third-order valence-corrected chi connectivity index (χ3v) is 13.2. The zero-order valence-corrected chi connectivity index (χ0v) is 13.0. The van der Waals surface area contributed by atoms with Crippen LogP contribution in [0.2, 0.25) is 0 Å². The van der Waals surface area contributed by atoms with Crippen molar-refractivity contribution in [2.45, 2.75) is 12.8 Å². The Bertz CT molecular complexity index is 677. The summed E-state index contributed by atoms with van der Waals surface area (Å²) in [5.41, 5.74) is 0.686. The predicted octanol–water partition coefficient (Wildman–Crippen LogP) is 3.55. The lowest BCUT2D eigenvalue weighted by molar-refractivity contribution is 0.0938. The van der Waals surface area contributed by atoms with Crippen LogP contribution in [0.5, 0.6) is 0 Å². The molecule has 0 aliphatic heterocycles. The smallest absolute Gasteiger partial charge is 0.00193 e. The lowest BCUT2D eigenvalue weighted by Crippen LogP contribution is -2.36. The van der Waals surface area contributed by atoms with E-state index < -0.39 is 0 Å². The summed E-state index contributed by atoms with van der Waals surface area (Å²) in [7, 11) is 0. The number of fused-ring (bicyclic) bond motifs is 4. The van der Waals surface area contributed by atoms with Crippen LogP contribution >= 0.6 is 0 Å². The maximum atomic E-state index is 4.55. The maximum absolute atomic E-state index is 4.55. The van der Waals surface area contributed by atoms with Crippen LogP contribution in [0, 0.1) is 106 Å². The molecule has 112 valence electrons. The van der Waals surface area contributed by atoms with E-state index in [4.69, 9.17) is 0 Å². The Hall–Kier alpha value is -0.260. The van der Waals surface area contributed by atoms with Gasteiger partial charge in [-0.25, -0.2) is 0 Å². The van der Waals surface area contributed by atoms with Crippen molar-refractivity contribution in [1.82, 2.24) is 0 Å². The number of hydrogen-bond donors (Lipinski definition) is 0. The second kappa shape index (κ2) is 2.26. The standard InChI is InChI=1S/C22H24/c1-2-22-19-7-3-5-9-6-4-8(19)13-11(6)16-14(9)15-10(5)12(7)20(22)17(15)18(16)21(13)22/h2,5-21H,1,3-4H2. The molecule has 14 atom stereocenters. The van der Waals surface area contributed by atoms with Crippen LogP contribution in [0.3, 0.4) is 0 Å². The fourth-order valence-electron chi connectivity index (χ4n) is 14.7. The van der Waals surface area contributed by atoms with Crippen LogP contribution < -0.4 is 0 Å². The SMILES string of the molecule is C=CC12C3C4CC5C6C7CC3C3C7C7C6C6C5C4C1C6C7C32. The largest absolute Gasteiger partial charge is 0.102 e. The summed E-state index contributed by atoms with van der Waals surface area (Å²) >= 11 is 0. The maximum Gasteiger partial charge on any atom is -0.00193 e. The molecule has 10 aliphatic carbocycles. The van der Waals surface area contributed by atoms with Crippen molar-refractivity contribution >= 4 is 0 Å². The van der Waals surface area contributed by atoms with E-state index in [9.17, 15) is 0 Å². The molecule has 14 unspecified atom stereocenters. The Labute approximate surface area is 132 Å². The Kier molecular flexibility index (Phi) is 1.02. The van der Waals surface area contributed by atoms with E-state index in [1.54, 1.807) is 12.8 Å². The number of hydrogen-bond acceptors (Lipinski definition) is 0. The molecule has 0 aromatic carbocycles. The van der Waals surface area contributed by atoms with Gasteiger partial charge in [0.1, 0.15) is 0 Å². The van der Waals surface area contributed by atoms with E-state index in [0.29, 0.717) is 5.41 Å². The van der Waals surface area contributed by atoms with Crippen molar-refractivity contribution in [3.05, 3.63) is 12.7 Å². The quantitative estimate of drug-likeness (QED) is 0.647. The summed E-state index contributed by atoms with van der Waals surface area (Å²) in [4.78, 5) is 0. The highest BCUT2D eigenvalue weighted by Crippen LogP contribution is 2.99. The summed E-state index contributed by atoms with van der Waals surface area (Å²) in [6, 6.07) is 0. The van der Waals surface area contributed by atoms with Gasteiger partial charge in [0, 0.05) is 0 Å². The summed E-state index contributed by atoms with van der Waals surface area (Å²) < 4.78 is 0. The minimum absolute atomic E-state index is 0.686. The first kappa shape index (κ1) is 9.90. The van der Waals surface area contributed by atoms with Gasteiger partial charge in [0.2, 0.25) is 0 Å². The highest BCUT2D eigenvalue weighted by Gasteiger charge is 2.95. The number of rotatable bonds is 1. The lowest BCUT2D eigenvalue weighted by Gasteiger charge is -2.41. The minimum Gasteiger partial charge on any atom is -0.102 e. The average molecular weight is 288 g/mol. The van der Waals surface area contributed by atoms with E-state index in [2.05, 4.69) is 12.7 Å². The van der Waals surface area contributed by atoms with Crippen molar-refractivity contribution in [2.75, 3.05) is 0 Å². The van der Waals surface area contributed by atoms with Crippen LogP contribution in [0.15, 0.2) is 12.7 Å². The first-order valence-corrected chi connectivity index (χ1v) is 10.5. The van der Waals surface area contributed by atoms with E-state index in [-0.39, 0.29) is 0 Å². The van der Waals surface area contributed by atoms with E-state index >= 15 is 0 Å². The third kappa shape index (κ3) is 0.509. The lowest BCUT2D eigenvalue weighted by atomic mass is 9.63. The zero-order chi connectivity index (χ0) is 13.4. The second-order valence-electron chi connectivity index (χ2n) is 11.7. The van der Waals surface area contributed by atoms with E-state index in [1.165, 1.54) is 82.9 Å². The first-order chi connectivity index (χ1) is 10.9. The molecule has 0 aromatic rings. The van der Waals surface area contributed by atoms with Crippen LogP contribution in [-0.2, 0) is 0 Å². The summed E-state index contributed by atoms with van der Waals surface area (Å²) in [6.45, 7) is 4.55. The molecule has 10 saturated carbocycles. The predicted molar refractivity (Wildman–Crippen MR) is 81.2 cm³/mol. The van der Waals surface area contributed by atoms with Gasteiger partial charge in [-0.1, -0.05) is 6.08 Å². The fraction of sp³-hybridized carbons (Fsp3) is 0.909. The van der Waals surface area contributed by atoms with Crippen LogP contribution in [0.1, 0.15) is 12.8 Å². The van der Waals surface area contributed by atoms with Gasteiger partial charge in [-0.15, -0.1) is 6.58 Å². The fourth-order valence-corrected chi connectivity index (χ4v) is 14.7. The molecule has 22 heavy (non-hydrogen) atoms. The third-order valence-electron chi connectivity index (χ3n) is 13.2. The van der Waals surface area contributed by atoms with Crippen LogP contribution in [-0.4, -0.2) is 0 Å². The molecule has 0 radical (unpaired) electrons. The van der Waals surface area contributed by atoms with E-state index in [1.807, 2.05) is 0 Å². The molecule has 0 nitrogen and oxygen atoms in total. The number of allylic oxidation sites excluding steroid dienone is 1. The molecule has 0 spiro atoms. The van der Waals surface area contributed by atoms with Crippen molar-refractivity contribution in [2.24, 2.45) is 106 Å². The molecule has 0 saturated heterocycles. The molecule has 0 N–H and O–H groups in total. The van der Waals surface area contributed by atoms with Gasteiger partial charge in [0.15, 0.2) is 0 Å². The van der Waals surface area contributed by atoms with Gasteiger partial charge in [-0.2, -0.15) is 0 Å². The van der Waals surface area contributed by atoms with Crippen LogP contribution in [0.25, 0.3) is 0 Å². The highest BCUT2D eigenvalue weighted by molar-refractivity contribution is 5.44. The molecule has 10 rings (SSSR count). The molecular weight excluding hydrogens is 264 g/mol. The molecule has 0 heteroatoms. The Morgan fingerprint density at radius 3 is 1.64 bits per heavy atom. The average Bonchev–Trinajstić information content (AvgIpc) is 3.22. The van der Waals surface area contributed by atoms with Gasteiger partial charge >= 0.3 is 0 Å².